The van der Waals surface area contributed by atoms with Gasteiger partial charge < -0.3 is 60.7 Å². The quantitative estimate of drug-likeness (QED) is 0.0433. The molecule has 9 N–H and O–H groups in total. The first-order chi connectivity index (χ1) is 34.8. The standard InChI is InChI=1S/C50H87N8O14/c1-2-3-4-5-6-7-8-9-10-11-12-13-14-15-16-20-45(61)58-42(50(67)68)21-22-44(60)54-24-26-69-28-31-72-37-47(63)55-25-27-70-29-30-71-36-46(62)53-23-18-17-19-39(49(66)56-35-48(64)65)32-43(59)41(51)33-40-34-52-38-57-40/h34,38-39,41-42,51H,2-33,35-37H2,1H3,(H,52,57)(H,53,62)(H,54,60)(H,55,63)(H,56,66)(H,58,61)(H,64,65)(H,67,68)/t39-,41+,42+/m1/s1. The van der Waals surface area contributed by atoms with Crippen molar-refractivity contribution < 1.29 is 67.5 Å². The molecule has 0 saturated carbocycles. The number of nitrogens with one attached hydrogen (secondary N) is 7. The van der Waals surface area contributed by atoms with Crippen molar-refractivity contribution >= 4 is 47.3 Å². The van der Waals surface area contributed by atoms with Crippen LogP contribution < -0.4 is 32.3 Å². The summed E-state index contributed by atoms with van der Waals surface area (Å²) < 4.78 is 21.4. The Bertz CT molecular complexity index is 1640. The van der Waals surface area contributed by atoms with Crippen LogP contribution in [0.1, 0.15) is 154 Å². The van der Waals surface area contributed by atoms with E-state index in [4.69, 9.17) is 29.8 Å². The first kappa shape index (κ1) is 65.0. The van der Waals surface area contributed by atoms with Crippen molar-refractivity contribution in [3.8, 4) is 0 Å². The van der Waals surface area contributed by atoms with E-state index < -0.39 is 48.2 Å². The van der Waals surface area contributed by atoms with E-state index in [-0.39, 0.29) is 135 Å². The lowest BCUT2D eigenvalue weighted by Gasteiger charge is -2.17. The zero-order valence-electron chi connectivity index (χ0n) is 42.9. The molecule has 1 aromatic rings. The highest BCUT2D eigenvalue weighted by molar-refractivity contribution is 5.90. The largest absolute Gasteiger partial charge is 0.480 e. The number of rotatable bonds is 50. The van der Waals surface area contributed by atoms with Crippen LogP contribution in [0.3, 0.4) is 0 Å². The van der Waals surface area contributed by atoms with Gasteiger partial charge in [0.05, 0.1) is 52.0 Å². The summed E-state index contributed by atoms with van der Waals surface area (Å²) in [7, 11) is 0. The molecule has 0 fully saturated rings. The molecule has 0 aromatic carbocycles. The minimum absolute atomic E-state index is 0.0276. The molecule has 72 heavy (non-hydrogen) atoms. The van der Waals surface area contributed by atoms with Gasteiger partial charge in [-0.25, -0.2) is 15.5 Å². The van der Waals surface area contributed by atoms with Crippen LogP contribution in [0, 0.1) is 5.92 Å². The van der Waals surface area contributed by atoms with Gasteiger partial charge in [-0.1, -0.05) is 103 Å². The van der Waals surface area contributed by atoms with Crippen molar-refractivity contribution in [2.75, 3.05) is 79.0 Å². The number of hydrogen-bond donors (Lipinski definition) is 8. The lowest BCUT2D eigenvalue weighted by atomic mass is 9.91. The minimum atomic E-state index is -1.22. The third-order valence-electron chi connectivity index (χ3n) is 11.5. The molecule has 0 unspecified atom stereocenters. The number of H-pyrrole nitrogens is 1. The van der Waals surface area contributed by atoms with Gasteiger partial charge in [-0.15, -0.1) is 0 Å². The summed E-state index contributed by atoms with van der Waals surface area (Å²) in [6.45, 7) is 2.99. The van der Waals surface area contributed by atoms with E-state index in [0.29, 0.717) is 25.0 Å². The molecule has 1 rings (SSSR count). The van der Waals surface area contributed by atoms with Gasteiger partial charge in [0.25, 0.3) is 0 Å². The second-order valence-corrected chi connectivity index (χ2v) is 17.9. The van der Waals surface area contributed by atoms with Crippen molar-refractivity contribution in [2.45, 2.75) is 167 Å². The van der Waals surface area contributed by atoms with E-state index in [1.165, 1.54) is 83.2 Å². The Labute approximate surface area is 425 Å². The van der Waals surface area contributed by atoms with Crippen molar-refractivity contribution in [1.29, 1.82) is 0 Å². The summed E-state index contributed by atoms with van der Waals surface area (Å²) in [6.07, 6.45) is 22.6. The molecule has 22 heteroatoms. The monoisotopic (exact) mass is 1020 g/mol. The number of carboxylic acid groups (broad SMARTS) is 2. The number of carboxylic acids is 2. The number of aromatic nitrogens is 2. The van der Waals surface area contributed by atoms with Gasteiger partial charge >= 0.3 is 11.9 Å². The van der Waals surface area contributed by atoms with Gasteiger partial charge in [0.15, 0.2) is 5.78 Å². The molecule has 0 aliphatic carbocycles. The molecule has 1 heterocycles. The molecule has 0 spiro atoms. The Morgan fingerprint density at radius 1 is 0.597 bits per heavy atom. The van der Waals surface area contributed by atoms with Crippen molar-refractivity contribution in [2.24, 2.45) is 5.92 Å². The minimum Gasteiger partial charge on any atom is -0.480 e. The van der Waals surface area contributed by atoms with Crippen LogP contribution >= 0.6 is 0 Å². The normalized spacial score (nSPS) is 12.4. The zero-order valence-corrected chi connectivity index (χ0v) is 42.9. The van der Waals surface area contributed by atoms with Gasteiger partial charge in [0, 0.05) is 63.1 Å². The van der Waals surface area contributed by atoms with E-state index in [0.717, 1.165) is 19.3 Å². The molecule has 0 aliphatic rings. The van der Waals surface area contributed by atoms with Crippen LogP contribution in [0.2, 0.25) is 0 Å². The molecule has 411 valence electrons. The molecule has 5 amide bonds. The first-order valence-electron chi connectivity index (χ1n) is 26.2. The number of hydrogen-bond acceptors (Lipinski definition) is 13. The number of ether oxygens (including phenoxy) is 4. The van der Waals surface area contributed by atoms with E-state index in [1.807, 2.05) is 0 Å². The summed E-state index contributed by atoms with van der Waals surface area (Å²) in [5.74, 6) is -5.64. The maximum absolute atomic E-state index is 12.7. The smallest absolute Gasteiger partial charge is 0.326 e. The molecular formula is C50H87N8O14. The predicted molar refractivity (Wildman–Crippen MR) is 267 cm³/mol. The third kappa shape index (κ3) is 38.6. The molecule has 0 aliphatic heterocycles. The van der Waals surface area contributed by atoms with Crippen LogP contribution in [0.4, 0.5) is 0 Å². The maximum Gasteiger partial charge on any atom is 0.326 e. The Morgan fingerprint density at radius 2 is 1.12 bits per heavy atom. The second-order valence-electron chi connectivity index (χ2n) is 17.9. The fraction of sp³-hybridized carbons (Fsp3) is 0.780. The Hall–Kier alpha value is -5.03. The van der Waals surface area contributed by atoms with Gasteiger partial charge in [-0.05, 0) is 25.7 Å². The van der Waals surface area contributed by atoms with Crippen LogP contribution in [0.5, 0.6) is 0 Å². The highest BCUT2D eigenvalue weighted by atomic mass is 16.5. The van der Waals surface area contributed by atoms with Crippen molar-refractivity contribution in [3.05, 3.63) is 18.2 Å². The highest BCUT2D eigenvalue weighted by Crippen LogP contribution is 2.17. The lowest BCUT2D eigenvalue weighted by Crippen LogP contribution is -2.41. The van der Waals surface area contributed by atoms with Crippen molar-refractivity contribution in [3.63, 3.8) is 0 Å². The molecule has 0 bridgehead atoms. The topological polar surface area (TPSA) is 327 Å². The molecule has 3 atom stereocenters. The Kier molecular flexibility index (Phi) is 40.3. The average molecular weight is 1020 g/mol. The number of nitrogens with zero attached hydrogens (tertiary/aromatic N) is 1. The van der Waals surface area contributed by atoms with E-state index in [2.05, 4.69) is 43.5 Å². The summed E-state index contributed by atoms with van der Waals surface area (Å²) in [5, 5.41) is 31.3. The average Bonchev–Trinajstić information content (AvgIpc) is 3.87. The molecule has 1 radical (unpaired) electrons. The fourth-order valence-corrected chi connectivity index (χ4v) is 7.43. The highest BCUT2D eigenvalue weighted by Gasteiger charge is 2.26. The molecule has 0 saturated heterocycles. The Morgan fingerprint density at radius 3 is 1.65 bits per heavy atom. The van der Waals surface area contributed by atoms with Crippen LogP contribution in [0.15, 0.2) is 12.5 Å². The lowest BCUT2D eigenvalue weighted by molar-refractivity contribution is -0.142. The summed E-state index contributed by atoms with van der Waals surface area (Å²) in [6, 6.07) is -2.25. The third-order valence-corrected chi connectivity index (χ3v) is 11.5. The van der Waals surface area contributed by atoms with Crippen LogP contribution in [-0.4, -0.2) is 159 Å². The number of ketones is 1. The summed E-state index contributed by atoms with van der Waals surface area (Å²) in [5.41, 5.74) is 8.77. The van der Waals surface area contributed by atoms with Crippen LogP contribution in [-0.2, 0) is 63.7 Å². The SMILES string of the molecule is CCCCCCCCCCCCCCCCCC(=O)N[C@@H](CCC(=O)NCCOCCOCC(=O)NCCOCCOCC(=O)NCCCC[C@H](CC(=O)[C@@H]([NH])Cc1cnc[nH]1)C(=O)NCC(=O)O)C(=O)O. The van der Waals surface area contributed by atoms with Crippen molar-refractivity contribution in [1.82, 2.24) is 42.3 Å². The predicted octanol–water partition coefficient (Wildman–Crippen LogP) is 3.58. The maximum atomic E-state index is 12.7. The van der Waals surface area contributed by atoms with E-state index in [1.54, 1.807) is 0 Å². The molecule has 22 nitrogen and oxygen atoms in total. The van der Waals surface area contributed by atoms with Gasteiger partial charge in [0.1, 0.15) is 25.8 Å². The van der Waals surface area contributed by atoms with Gasteiger partial charge in [-0.2, -0.15) is 0 Å². The van der Waals surface area contributed by atoms with E-state index in [9.17, 15) is 43.5 Å². The number of imidazole rings is 1. The second kappa shape index (κ2) is 44.7. The number of unbranched alkanes of at least 4 members (excludes halogenated alkanes) is 15. The first-order valence-corrected chi connectivity index (χ1v) is 26.2. The van der Waals surface area contributed by atoms with E-state index >= 15 is 0 Å². The van der Waals surface area contributed by atoms with Gasteiger partial charge in [0.2, 0.25) is 29.5 Å². The molecular weight excluding hydrogens is 937 g/mol. The number of Topliss-reactive ketones (excluding diaryl/α,β-unsaturated/α-hetero) is 1. The number of carbonyl (C=O) groups is 8. The number of carbonyl (C=O) groups excluding carboxylic acids is 6. The number of amides is 5. The summed E-state index contributed by atoms with van der Waals surface area (Å²) in [4.78, 5) is 103. The summed E-state index contributed by atoms with van der Waals surface area (Å²) >= 11 is 0. The number of aromatic amines is 1. The van der Waals surface area contributed by atoms with Gasteiger partial charge in [-0.3, -0.25) is 33.6 Å². The zero-order chi connectivity index (χ0) is 52.9. The number of aliphatic carboxylic acids is 2. The Balaban J connectivity index is 2.00. The fourth-order valence-electron chi connectivity index (χ4n) is 7.43. The molecule has 1 aromatic heterocycles. The van der Waals surface area contributed by atoms with Crippen LogP contribution in [0.25, 0.3) is 0 Å².